The fourth-order valence-electron chi connectivity index (χ4n) is 4.56. The number of aliphatic hydroxyl groups excluding tert-OH is 2. The van der Waals surface area contributed by atoms with Crippen LogP contribution in [0.15, 0.2) is 40.9 Å². The van der Waals surface area contributed by atoms with E-state index in [4.69, 9.17) is 4.74 Å². The highest BCUT2D eigenvalue weighted by Gasteiger charge is 2.51. The van der Waals surface area contributed by atoms with Crippen molar-refractivity contribution >= 4 is 17.3 Å². The first-order valence-corrected chi connectivity index (χ1v) is 8.97. The van der Waals surface area contributed by atoms with Crippen molar-refractivity contribution in [1.82, 2.24) is 0 Å². The number of aliphatic hydroxyl groups is 2. The lowest BCUT2D eigenvalue weighted by Gasteiger charge is -2.38. The number of carbonyl (C=O) groups excluding carboxylic acids is 3. The molecule has 1 saturated carbocycles. The first-order valence-electron chi connectivity index (χ1n) is 8.97. The summed E-state index contributed by atoms with van der Waals surface area (Å²) >= 11 is 0. The van der Waals surface area contributed by atoms with E-state index in [0.29, 0.717) is 24.0 Å². The highest BCUT2D eigenvalue weighted by atomic mass is 16.5. The van der Waals surface area contributed by atoms with Crippen molar-refractivity contribution in [2.24, 2.45) is 17.8 Å². The van der Waals surface area contributed by atoms with Gasteiger partial charge in [0.1, 0.15) is 23.1 Å². The van der Waals surface area contributed by atoms with Crippen molar-refractivity contribution in [3.05, 3.63) is 52.0 Å². The number of carbonyl (C=O) groups is 3. The topological polar surface area (TPSA) is 101 Å². The third kappa shape index (κ3) is 2.36. The molecule has 0 bridgehead atoms. The summed E-state index contributed by atoms with van der Waals surface area (Å²) in [5.74, 6) is -3.47. The molecule has 3 unspecified atom stereocenters. The fraction of sp³-hybridized carbons (Fsp3) is 0.381. The lowest BCUT2D eigenvalue weighted by atomic mass is 9.64. The van der Waals surface area contributed by atoms with E-state index in [2.05, 4.69) is 0 Å². The van der Waals surface area contributed by atoms with Crippen LogP contribution in [0.5, 0.6) is 5.75 Å². The smallest absolute Gasteiger partial charge is 0.179 e. The van der Waals surface area contributed by atoms with Gasteiger partial charge in [-0.25, -0.2) is 0 Å². The van der Waals surface area contributed by atoms with Crippen molar-refractivity contribution < 1.29 is 29.3 Å². The van der Waals surface area contributed by atoms with Gasteiger partial charge < -0.3 is 14.9 Å². The van der Waals surface area contributed by atoms with Crippen LogP contribution in [0, 0.1) is 17.8 Å². The van der Waals surface area contributed by atoms with Crippen molar-refractivity contribution in [3.8, 4) is 5.75 Å². The van der Waals surface area contributed by atoms with Crippen LogP contribution in [-0.2, 0) is 4.79 Å². The standard InChI is InChI=1S/C21H20O6/c1-9(22)10-6-7-11-13(8-10)20(25)16-17(18(11)23)21(26)15-12(19(16)24)4-3-5-14(15)27-2/h3-5,10,16-17,23,25H,6-8H2,1-2H3. The molecule has 0 aromatic heterocycles. The Morgan fingerprint density at radius 2 is 1.74 bits per heavy atom. The molecule has 6 nitrogen and oxygen atoms in total. The lowest BCUT2D eigenvalue weighted by Crippen LogP contribution is -2.42. The fourth-order valence-corrected chi connectivity index (χ4v) is 4.56. The van der Waals surface area contributed by atoms with Crippen LogP contribution < -0.4 is 4.74 Å². The molecule has 3 aliphatic carbocycles. The Morgan fingerprint density at radius 3 is 2.41 bits per heavy atom. The van der Waals surface area contributed by atoms with Crippen molar-refractivity contribution in [3.63, 3.8) is 0 Å². The number of rotatable bonds is 2. The summed E-state index contributed by atoms with van der Waals surface area (Å²) in [7, 11) is 1.41. The van der Waals surface area contributed by atoms with Crippen molar-refractivity contribution in [1.29, 1.82) is 0 Å². The third-order valence-corrected chi connectivity index (χ3v) is 6.00. The molecule has 0 spiro atoms. The second-order valence-corrected chi connectivity index (χ2v) is 7.34. The van der Waals surface area contributed by atoms with Gasteiger partial charge in [0, 0.05) is 11.5 Å². The van der Waals surface area contributed by atoms with Crippen LogP contribution in [0.1, 0.15) is 46.9 Å². The second-order valence-electron chi connectivity index (χ2n) is 7.34. The number of benzene rings is 1. The van der Waals surface area contributed by atoms with Crippen molar-refractivity contribution in [2.45, 2.75) is 26.2 Å². The van der Waals surface area contributed by atoms with E-state index in [1.165, 1.54) is 20.1 Å². The van der Waals surface area contributed by atoms with E-state index >= 15 is 0 Å². The molecule has 3 aliphatic rings. The molecule has 2 N–H and O–H groups in total. The first-order chi connectivity index (χ1) is 12.9. The summed E-state index contributed by atoms with van der Waals surface area (Å²) in [4.78, 5) is 38.1. The molecule has 0 radical (unpaired) electrons. The van der Waals surface area contributed by atoms with Crippen LogP contribution in [0.2, 0.25) is 0 Å². The van der Waals surface area contributed by atoms with Gasteiger partial charge in [-0.1, -0.05) is 12.1 Å². The Balaban J connectivity index is 1.89. The van der Waals surface area contributed by atoms with E-state index in [1.807, 2.05) is 0 Å². The summed E-state index contributed by atoms with van der Waals surface area (Å²) in [6.45, 7) is 1.50. The van der Waals surface area contributed by atoms with Gasteiger partial charge >= 0.3 is 0 Å². The maximum absolute atomic E-state index is 13.2. The summed E-state index contributed by atoms with van der Waals surface area (Å²) in [6.07, 6.45) is 1.21. The van der Waals surface area contributed by atoms with Crippen LogP contribution in [0.25, 0.3) is 0 Å². The Bertz CT molecular complexity index is 951. The number of fused-ring (bicyclic) bond motifs is 3. The van der Waals surface area contributed by atoms with Gasteiger partial charge in [-0.05, 0) is 43.4 Å². The molecule has 0 heterocycles. The molecule has 6 heteroatoms. The normalized spacial score (nSPS) is 27.1. The summed E-state index contributed by atoms with van der Waals surface area (Å²) in [5, 5.41) is 21.7. The molecule has 1 aromatic carbocycles. The zero-order valence-electron chi connectivity index (χ0n) is 15.1. The SMILES string of the molecule is COc1cccc2c1C(=O)C1C(O)=C3CCC(C(C)=O)CC3=C(O)C1C2=O. The number of hydrogen-bond donors (Lipinski definition) is 2. The monoisotopic (exact) mass is 368 g/mol. The van der Waals surface area contributed by atoms with Crippen LogP contribution >= 0.6 is 0 Å². The number of ketones is 3. The van der Waals surface area contributed by atoms with Gasteiger partial charge in [0.05, 0.1) is 24.5 Å². The molecule has 4 rings (SSSR count). The Morgan fingerprint density at radius 1 is 1.07 bits per heavy atom. The largest absolute Gasteiger partial charge is 0.511 e. The van der Waals surface area contributed by atoms with Crippen LogP contribution in [0.3, 0.4) is 0 Å². The van der Waals surface area contributed by atoms with E-state index < -0.39 is 23.4 Å². The minimum Gasteiger partial charge on any atom is -0.511 e. The first kappa shape index (κ1) is 17.5. The number of ether oxygens (including phenoxy) is 1. The molecule has 27 heavy (non-hydrogen) atoms. The molecular weight excluding hydrogens is 348 g/mol. The second kappa shape index (κ2) is 6.08. The van der Waals surface area contributed by atoms with Gasteiger partial charge in [-0.2, -0.15) is 0 Å². The van der Waals surface area contributed by atoms with Crippen LogP contribution in [0.4, 0.5) is 0 Å². The lowest BCUT2D eigenvalue weighted by molar-refractivity contribution is -0.121. The molecular formula is C21H20O6. The molecule has 0 aliphatic heterocycles. The molecule has 0 amide bonds. The molecule has 1 aromatic rings. The van der Waals surface area contributed by atoms with Crippen LogP contribution in [-0.4, -0.2) is 34.7 Å². The highest BCUT2D eigenvalue weighted by molar-refractivity contribution is 6.19. The Labute approximate surface area is 156 Å². The highest BCUT2D eigenvalue weighted by Crippen LogP contribution is 2.49. The van der Waals surface area contributed by atoms with Crippen molar-refractivity contribution in [2.75, 3.05) is 7.11 Å². The number of methoxy groups -OCH3 is 1. The number of hydrogen-bond acceptors (Lipinski definition) is 6. The average Bonchev–Trinajstić information content (AvgIpc) is 2.67. The summed E-state index contributed by atoms with van der Waals surface area (Å²) < 4.78 is 5.24. The summed E-state index contributed by atoms with van der Waals surface area (Å²) in [5.41, 5.74) is 1.26. The minimum atomic E-state index is -1.15. The molecule has 140 valence electrons. The van der Waals surface area contributed by atoms with Gasteiger partial charge in [0.25, 0.3) is 0 Å². The zero-order valence-corrected chi connectivity index (χ0v) is 15.1. The predicted molar refractivity (Wildman–Crippen MR) is 96.0 cm³/mol. The maximum Gasteiger partial charge on any atom is 0.179 e. The molecule has 3 atom stereocenters. The Kier molecular flexibility index (Phi) is 3.94. The molecule has 0 saturated heterocycles. The molecule has 1 fully saturated rings. The van der Waals surface area contributed by atoms with Gasteiger partial charge in [0.15, 0.2) is 11.6 Å². The predicted octanol–water partition coefficient (Wildman–Crippen LogP) is 3.33. The quantitative estimate of drug-likeness (QED) is 0.830. The zero-order chi connectivity index (χ0) is 19.5. The summed E-state index contributed by atoms with van der Waals surface area (Å²) in [6, 6.07) is 4.74. The van der Waals surface area contributed by atoms with E-state index in [-0.39, 0.29) is 46.5 Å². The number of allylic oxidation sites excluding steroid dienone is 4. The minimum absolute atomic E-state index is 0.0112. The number of Topliss-reactive ketones (excluding diaryl/α,β-unsaturated/α-hetero) is 3. The van der Waals surface area contributed by atoms with E-state index in [9.17, 15) is 24.6 Å². The average molecular weight is 368 g/mol. The van der Waals surface area contributed by atoms with Gasteiger partial charge in [-0.15, -0.1) is 0 Å². The van der Waals surface area contributed by atoms with E-state index in [0.717, 1.165) is 0 Å². The maximum atomic E-state index is 13.2. The van der Waals surface area contributed by atoms with E-state index in [1.54, 1.807) is 12.1 Å². The van der Waals surface area contributed by atoms with Gasteiger partial charge in [0.2, 0.25) is 0 Å². The van der Waals surface area contributed by atoms with Gasteiger partial charge in [-0.3, -0.25) is 14.4 Å². The Hall–Kier alpha value is -2.89. The third-order valence-electron chi connectivity index (χ3n) is 6.00.